The molecule has 2 rings (SSSR count). The Kier molecular flexibility index (Phi) is 5.17. The van der Waals surface area contributed by atoms with Crippen LogP contribution in [-0.4, -0.2) is 16.7 Å². The van der Waals surface area contributed by atoms with E-state index in [2.05, 4.69) is 10.3 Å². The maximum absolute atomic E-state index is 13.2. The van der Waals surface area contributed by atoms with E-state index < -0.39 is 18.1 Å². The molecule has 2 aromatic rings. The van der Waals surface area contributed by atoms with E-state index in [1.165, 1.54) is 6.20 Å². The number of ether oxygens (including phenoxy) is 1. The second kappa shape index (κ2) is 6.95. The van der Waals surface area contributed by atoms with Gasteiger partial charge in [-0.25, -0.2) is 13.6 Å². The van der Waals surface area contributed by atoms with E-state index in [0.29, 0.717) is 22.4 Å². The lowest BCUT2D eigenvalue weighted by Gasteiger charge is -2.19. The lowest BCUT2D eigenvalue weighted by Crippen LogP contribution is -2.27. The largest absolute Gasteiger partial charge is 0.444 e. The quantitative estimate of drug-likeness (QED) is 0.824. The van der Waals surface area contributed by atoms with Crippen LogP contribution in [0.15, 0.2) is 36.5 Å². The van der Waals surface area contributed by atoms with Crippen LogP contribution in [0.1, 0.15) is 38.5 Å². The number of carbonyl (C=O) groups is 1. The average Bonchev–Trinajstić information content (AvgIpc) is 2.46. The van der Waals surface area contributed by atoms with Crippen LogP contribution in [0.2, 0.25) is 0 Å². The molecule has 4 nitrogen and oxygen atoms in total. The fourth-order valence-corrected chi connectivity index (χ4v) is 2.26. The molecule has 0 unspecified atom stereocenters. The zero-order valence-corrected chi connectivity index (χ0v) is 14.1. The number of halogens is 2. The summed E-state index contributed by atoms with van der Waals surface area (Å²) in [4.78, 5) is 15.5. The zero-order chi connectivity index (χ0) is 17.9. The van der Waals surface area contributed by atoms with E-state index >= 15 is 0 Å². The molecule has 0 saturated heterocycles. The second-order valence-corrected chi connectivity index (χ2v) is 6.39. The SMILES string of the molecule is Cc1ccnc(C(F)F)c1-c1ccc(NC(=O)OC(C)(C)C)cc1. The van der Waals surface area contributed by atoms with Crippen molar-refractivity contribution in [1.29, 1.82) is 0 Å². The Morgan fingerprint density at radius 3 is 2.33 bits per heavy atom. The summed E-state index contributed by atoms with van der Waals surface area (Å²) in [5.74, 6) is 0. The Hall–Kier alpha value is -2.50. The van der Waals surface area contributed by atoms with Crippen LogP contribution in [0.25, 0.3) is 11.1 Å². The van der Waals surface area contributed by atoms with Crippen molar-refractivity contribution < 1.29 is 18.3 Å². The molecule has 1 N–H and O–H groups in total. The summed E-state index contributed by atoms with van der Waals surface area (Å²) in [7, 11) is 0. The monoisotopic (exact) mass is 334 g/mol. The van der Waals surface area contributed by atoms with Gasteiger partial charge in [0, 0.05) is 17.4 Å². The Morgan fingerprint density at radius 1 is 1.17 bits per heavy atom. The van der Waals surface area contributed by atoms with Gasteiger partial charge in [-0.15, -0.1) is 0 Å². The summed E-state index contributed by atoms with van der Waals surface area (Å²) in [5, 5.41) is 2.60. The molecule has 1 heterocycles. The van der Waals surface area contributed by atoms with Gasteiger partial charge in [-0.3, -0.25) is 10.3 Å². The minimum Gasteiger partial charge on any atom is -0.444 e. The molecule has 0 aliphatic rings. The number of amides is 1. The first kappa shape index (κ1) is 17.8. The number of carbonyl (C=O) groups excluding carboxylic acids is 1. The third-order valence-electron chi connectivity index (χ3n) is 3.21. The number of aryl methyl sites for hydroxylation is 1. The number of alkyl halides is 2. The molecule has 24 heavy (non-hydrogen) atoms. The highest BCUT2D eigenvalue weighted by molar-refractivity contribution is 5.85. The number of nitrogens with one attached hydrogen (secondary N) is 1. The summed E-state index contributed by atoms with van der Waals surface area (Å²) < 4.78 is 31.5. The maximum Gasteiger partial charge on any atom is 0.412 e. The average molecular weight is 334 g/mol. The number of anilines is 1. The number of benzene rings is 1. The molecule has 0 fully saturated rings. The van der Waals surface area contributed by atoms with Crippen molar-refractivity contribution in [2.75, 3.05) is 5.32 Å². The predicted molar refractivity (Wildman–Crippen MR) is 89.2 cm³/mol. The van der Waals surface area contributed by atoms with Gasteiger partial charge in [0.1, 0.15) is 11.3 Å². The van der Waals surface area contributed by atoms with Gasteiger partial charge in [0.2, 0.25) is 0 Å². The standard InChI is InChI=1S/C18H20F2N2O2/c1-11-9-10-21-15(16(19)20)14(11)12-5-7-13(8-6-12)22-17(23)24-18(2,3)4/h5-10,16H,1-4H3,(H,22,23). The van der Waals surface area contributed by atoms with Crippen molar-refractivity contribution >= 4 is 11.8 Å². The van der Waals surface area contributed by atoms with E-state index in [0.717, 1.165) is 0 Å². The lowest BCUT2D eigenvalue weighted by molar-refractivity contribution is 0.0636. The van der Waals surface area contributed by atoms with Crippen molar-refractivity contribution in [3.8, 4) is 11.1 Å². The Morgan fingerprint density at radius 2 is 1.79 bits per heavy atom. The first-order chi connectivity index (χ1) is 11.2. The predicted octanol–water partition coefficient (Wildman–Crippen LogP) is 5.34. The molecular formula is C18H20F2N2O2. The highest BCUT2D eigenvalue weighted by Crippen LogP contribution is 2.32. The first-order valence-corrected chi connectivity index (χ1v) is 7.51. The van der Waals surface area contributed by atoms with Gasteiger partial charge in [-0.2, -0.15) is 0 Å². The molecule has 0 aliphatic carbocycles. The van der Waals surface area contributed by atoms with Gasteiger partial charge >= 0.3 is 6.09 Å². The normalized spacial score (nSPS) is 11.5. The molecule has 1 aromatic carbocycles. The number of hydrogen-bond acceptors (Lipinski definition) is 3. The third-order valence-corrected chi connectivity index (χ3v) is 3.21. The van der Waals surface area contributed by atoms with Crippen LogP contribution in [0.5, 0.6) is 0 Å². The first-order valence-electron chi connectivity index (χ1n) is 7.51. The Labute approximate surface area is 139 Å². The molecule has 0 atom stereocenters. The fraction of sp³-hybridized carbons (Fsp3) is 0.333. The fourth-order valence-electron chi connectivity index (χ4n) is 2.26. The number of nitrogens with zero attached hydrogens (tertiary/aromatic N) is 1. The van der Waals surface area contributed by atoms with Gasteiger partial charge in [0.25, 0.3) is 6.43 Å². The summed E-state index contributed by atoms with van der Waals surface area (Å²) in [5.41, 5.74) is 1.43. The molecule has 1 amide bonds. The molecule has 0 radical (unpaired) electrons. The lowest BCUT2D eigenvalue weighted by atomic mass is 9.99. The Balaban J connectivity index is 2.23. The number of aromatic nitrogens is 1. The molecule has 1 aromatic heterocycles. The van der Waals surface area contributed by atoms with E-state index in [4.69, 9.17) is 4.74 Å². The summed E-state index contributed by atoms with van der Waals surface area (Å²) in [6.07, 6.45) is -1.85. The second-order valence-electron chi connectivity index (χ2n) is 6.39. The smallest absolute Gasteiger partial charge is 0.412 e. The van der Waals surface area contributed by atoms with Gasteiger partial charge < -0.3 is 4.74 Å². The van der Waals surface area contributed by atoms with Gasteiger partial charge in [0.15, 0.2) is 0 Å². The minimum absolute atomic E-state index is 0.247. The molecule has 0 bridgehead atoms. The van der Waals surface area contributed by atoms with Crippen LogP contribution in [0.3, 0.4) is 0 Å². The molecule has 128 valence electrons. The van der Waals surface area contributed by atoms with Gasteiger partial charge in [-0.1, -0.05) is 12.1 Å². The van der Waals surface area contributed by atoms with Crippen molar-refractivity contribution in [3.63, 3.8) is 0 Å². The maximum atomic E-state index is 13.2. The van der Waals surface area contributed by atoms with Crippen molar-refractivity contribution in [2.24, 2.45) is 0 Å². The summed E-state index contributed by atoms with van der Waals surface area (Å²) in [6.45, 7) is 7.07. The summed E-state index contributed by atoms with van der Waals surface area (Å²) in [6, 6.07) is 8.31. The molecular weight excluding hydrogens is 314 g/mol. The molecule has 0 aliphatic heterocycles. The van der Waals surface area contributed by atoms with Crippen molar-refractivity contribution in [1.82, 2.24) is 4.98 Å². The van der Waals surface area contributed by atoms with Crippen molar-refractivity contribution in [3.05, 3.63) is 47.8 Å². The molecule has 0 spiro atoms. The van der Waals surface area contributed by atoms with Crippen LogP contribution in [0.4, 0.5) is 19.3 Å². The van der Waals surface area contributed by atoms with Gasteiger partial charge in [0.05, 0.1) is 0 Å². The number of rotatable bonds is 3. The highest BCUT2D eigenvalue weighted by atomic mass is 19.3. The molecule has 0 saturated carbocycles. The van der Waals surface area contributed by atoms with Gasteiger partial charge in [-0.05, 0) is 57.0 Å². The van der Waals surface area contributed by atoms with E-state index in [1.54, 1.807) is 58.0 Å². The highest BCUT2D eigenvalue weighted by Gasteiger charge is 2.18. The topological polar surface area (TPSA) is 51.2 Å². The number of pyridine rings is 1. The zero-order valence-electron chi connectivity index (χ0n) is 14.1. The Bertz CT molecular complexity index is 723. The van der Waals surface area contributed by atoms with Crippen LogP contribution in [0, 0.1) is 6.92 Å². The van der Waals surface area contributed by atoms with Crippen LogP contribution >= 0.6 is 0 Å². The van der Waals surface area contributed by atoms with Crippen molar-refractivity contribution in [2.45, 2.75) is 39.7 Å². The van der Waals surface area contributed by atoms with Crippen LogP contribution in [-0.2, 0) is 4.74 Å². The minimum atomic E-state index is -2.65. The molecule has 6 heteroatoms. The van der Waals surface area contributed by atoms with E-state index in [9.17, 15) is 13.6 Å². The third kappa shape index (κ3) is 4.50. The van der Waals surface area contributed by atoms with Crippen LogP contribution < -0.4 is 5.32 Å². The summed E-state index contributed by atoms with van der Waals surface area (Å²) >= 11 is 0. The number of hydrogen-bond donors (Lipinski definition) is 1. The van der Waals surface area contributed by atoms with E-state index in [-0.39, 0.29) is 5.69 Å². The van der Waals surface area contributed by atoms with E-state index in [1.807, 2.05) is 0 Å².